The molecule has 2 aliphatic rings. The number of hydrogen-bond acceptors (Lipinski definition) is 2. The monoisotopic (exact) mass is 314 g/mol. The van der Waals surface area contributed by atoms with Crippen LogP contribution in [0.5, 0.6) is 0 Å². The molecule has 2 aliphatic carbocycles. The van der Waals surface area contributed by atoms with Crippen molar-refractivity contribution >= 4 is 11.4 Å². The smallest absolute Gasteiger partial charge is 0.0405 e. The minimum atomic E-state index is 0.591. The van der Waals surface area contributed by atoms with Crippen LogP contribution in [0.4, 0.5) is 11.4 Å². The first-order valence-electron chi connectivity index (χ1n) is 9.85. The number of hydrogen-bond donors (Lipinski definition) is 2. The fourth-order valence-corrected chi connectivity index (χ4v) is 5.18. The quantitative estimate of drug-likeness (QED) is 0.691. The topological polar surface area (TPSA) is 52.0 Å². The first kappa shape index (κ1) is 16.7. The predicted octanol–water partition coefficient (Wildman–Crippen LogP) is 5.82. The van der Waals surface area contributed by atoms with Gasteiger partial charge in [0.15, 0.2) is 0 Å². The Morgan fingerprint density at radius 1 is 0.739 bits per heavy atom. The summed E-state index contributed by atoms with van der Waals surface area (Å²) in [4.78, 5) is 0. The van der Waals surface area contributed by atoms with E-state index < -0.39 is 0 Å². The summed E-state index contributed by atoms with van der Waals surface area (Å²) in [5, 5.41) is 0. The van der Waals surface area contributed by atoms with Crippen molar-refractivity contribution in [3.05, 3.63) is 22.3 Å². The summed E-state index contributed by atoms with van der Waals surface area (Å²) in [5.74, 6) is 1.27. The molecule has 0 spiro atoms. The summed E-state index contributed by atoms with van der Waals surface area (Å²) >= 11 is 0. The second-order valence-electron chi connectivity index (χ2n) is 7.78. The van der Waals surface area contributed by atoms with E-state index in [9.17, 15) is 0 Å². The number of anilines is 2. The zero-order chi connectivity index (χ0) is 16.4. The molecular weight excluding hydrogens is 280 g/mol. The van der Waals surface area contributed by atoms with E-state index in [2.05, 4.69) is 13.8 Å². The third kappa shape index (κ3) is 3.09. The Labute approximate surface area is 142 Å². The van der Waals surface area contributed by atoms with Crippen molar-refractivity contribution in [1.29, 1.82) is 0 Å². The molecule has 23 heavy (non-hydrogen) atoms. The molecule has 0 saturated heterocycles. The molecule has 0 aliphatic heterocycles. The van der Waals surface area contributed by atoms with Gasteiger partial charge in [0.05, 0.1) is 0 Å². The van der Waals surface area contributed by atoms with Gasteiger partial charge < -0.3 is 11.5 Å². The molecule has 1 aromatic carbocycles. The average Bonchev–Trinajstić information content (AvgIpc) is 2.59. The molecule has 1 aromatic rings. The lowest BCUT2D eigenvalue weighted by atomic mass is 9.74. The summed E-state index contributed by atoms with van der Waals surface area (Å²) < 4.78 is 0. The standard InChI is InChI=1S/C21H34N2/c1-3-17-18(15-10-6-4-7-11-15)14(2)20(22)19(21(17)23)16-12-8-5-9-13-16/h15-16H,3-13,22-23H2,1-2H3. The zero-order valence-electron chi connectivity index (χ0n) is 15.1. The van der Waals surface area contributed by atoms with E-state index >= 15 is 0 Å². The van der Waals surface area contributed by atoms with Crippen LogP contribution in [-0.2, 0) is 6.42 Å². The minimum Gasteiger partial charge on any atom is -0.398 e. The van der Waals surface area contributed by atoms with Gasteiger partial charge in [-0.05, 0) is 67.6 Å². The summed E-state index contributed by atoms with van der Waals surface area (Å²) in [6.07, 6.45) is 14.3. The van der Waals surface area contributed by atoms with Crippen LogP contribution in [0.3, 0.4) is 0 Å². The molecule has 2 saturated carbocycles. The third-order valence-electron chi connectivity index (χ3n) is 6.42. The van der Waals surface area contributed by atoms with Crippen LogP contribution in [0, 0.1) is 6.92 Å². The van der Waals surface area contributed by atoms with Crippen molar-refractivity contribution in [2.45, 2.75) is 96.3 Å². The Kier molecular flexibility index (Phi) is 5.18. The van der Waals surface area contributed by atoms with Crippen LogP contribution in [0.2, 0.25) is 0 Å². The van der Waals surface area contributed by atoms with Gasteiger partial charge in [0, 0.05) is 16.9 Å². The number of nitrogen functional groups attached to an aromatic ring is 2. The highest BCUT2D eigenvalue weighted by atomic mass is 14.7. The number of benzene rings is 1. The van der Waals surface area contributed by atoms with Crippen LogP contribution in [-0.4, -0.2) is 0 Å². The van der Waals surface area contributed by atoms with Crippen LogP contribution in [0.1, 0.15) is 105 Å². The summed E-state index contributed by atoms with van der Waals surface area (Å²) in [7, 11) is 0. The second kappa shape index (κ2) is 7.15. The lowest BCUT2D eigenvalue weighted by Crippen LogP contribution is -2.18. The van der Waals surface area contributed by atoms with E-state index in [1.54, 1.807) is 0 Å². The van der Waals surface area contributed by atoms with Crippen molar-refractivity contribution < 1.29 is 0 Å². The molecule has 2 heteroatoms. The van der Waals surface area contributed by atoms with E-state index in [4.69, 9.17) is 11.5 Å². The van der Waals surface area contributed by atoms with E-state index in [1.165, 1.54) is 86.5 Å². The fraction of sp³-hybridized carbons (Fsp3) is 0.714. The lowest BCUT2D eigenvalue weighted by Gasteiger charge is -2.32. The van der Waals surface area contributed by atoms with Crippen LogP contribution in [0.15, 0.2) is 0 Å². The van der Waals surface area contributed by atoms with Gasteiger partial charge in [-0.15, -0.1) is 0 Å². The molecule has 0 aromatic heterocycles. The molecule has 3 rings (SSSR count). The lowest BCUT2D eigenvalue weighted by molar-refractivity contribution is 0.437. The molecule has 128 valence electrons. The molecule has 4 N–H and O–H groups in total. The van der Waals surface area contributed by atoms with Crippen molar-refractivity contribution in [3.8, 4) is 0 Å². The minimum absolute atomic E-state index is 0.591. The number of nitrogens with two attached hydrogens (primary N) is 2. The maximum atomic E-state index is 6.72. The van der Waals surface area contributed by atoms with Gasteiger partial charge in [-0.1, -0.05) is 45.4 Å². The van der Waals surface area contributed by atoms with Crippen LogP contribution >= 0.6 is 0 Å². The molecule has 0 amide bonds. The van der Waals surface area contributed by atoms with Gasteiger partial charge in [-0.2, -0.15) is 0 Å². The van der Waals surface area contributed by atoms with Crippen molar-refractivity contribution in [1.82, 2.24) is 0 Å². The Morgan fingerprint density at radius 3 is 1.70 bits per heavy atom. The Bertz CT molecular complexity index is 550. The first-order valence-corrected chi connectivity index (χ1v) is 9.85. The fourth-order valence-electron chi connectivity index (χ4n) is 5.18. The predicted molar refractivity (Wildman–Crippen MR) is 101 cm³/mol. The van der Waals surface area contributed by atoms with E-state index in [1.807, 2.05) is 0 Å². The zero-order valence-corrected chi connectivity index (χ0v) is 15.1. The molecular formula is C21H34N2. The molecule has 0 radical (unpaired) electrons. The highest BCUT2D eigenvalue weighted by Crippen LogP contribution is 2.46. The molecule has 0 heterocycles. The Balaban J connectivity index is 2.07. The van der Waals surface area contributed by atoms with Crippen molar-refractivity contribution in [2.24, 2.45) is 0 Å². The van der Waals surface area contributed by atoms with Gasteiger partial charge in [0.25, 0.3) is 0 Å². The van der Waals surface area contributed by atoms with Gasteiger partial charge in [-0.25, -0.2) is 0 Å². The van der Waals surface area contributed by atoms with Crippen molar-refractivity contribution in [3.63, 3.8) is 0 Å². The highest BCUT2D eigenvalue weighted by Gasteiger charge is 2.28. The maximum Gasteiger partial charge on any atom is 0.0405 e. The molecule has 0 unspecified atom stereocenters. The summed E-state index contributed by atoms with van der Waals surface area (Å²) in [6, 6.07) is 0. The third-order valence-corrected chi connectivity index (χ3v) is 6.42. The number of rotatable bonds is 3. The SMILES string of the molecule is CCc1c(N)c(C2CCCCC2)c(N)c(C)c1C1CCCCC1. The van der Waals surface area contributed by atoms with Gasteiger partial charge in [0.1, 0.15) is 0 Å². The van der Waals surface area contributed by atoms with Gasteiger partial charge >= 0.3 is 0 Å². The largest absolute Gasteiger partial charge is 0.398 e. The second-order valence-corrected chi connectivity index (χ2v) is 7.78. The summed E-state index contributed by atoms with van der Waals surface area (Å²) in [6.45, 7) is 4.52. The Morgan fingerprint density at radius 2 is 1.22 bits per heavy atom. The van der Waals surface area contributed by atoms with Crippen LogP contribution in [0.25, 0.3) is 0 Å². The van der Waals surface area contributed by atoms with Gasteiger partial charge in [-0.3, -0.25) is 0 Å². The maximum absolute atomic E-state index is 6.72. The summed E-state index contributed by atoms with van der Waals surface area (Å²) in [5.41, 5.74) is 21.0. The van der Waals surface area contributed by atoms with Crippen molar-refractivity contribution in [2.75, 3.05) is 11.5 Å². The van der Waals surface area contributed by atoms with Gasteiger partial charge in [0.2, 0.25) is 0 Å². The molecule has 2 nitrogen and oxygen atoms in total. The van der Waals surface area contributed by atoms with E-state index in [0.717, 1.165) is 17.8 Å². The Hall–Kier alpha value is -1.18. The van der Waals surface area contributed by atoms with Crippen LogP contribution < -0.4 is 11.5 Å². The molecule has 0 bridgehead atoms. The highest BCUT2D eigenvalue weighted by molar-refractivity contribution is 5.73. The van der Waals surface area contributed by atoms with E-state index in [0.29, 0.717) is 11.8 Å². The molecule has 2 fully saturated rings. The van der Waals surface area contributed by atoms with E-state index in [-0.39, 0.29) is 0 Å². The first-order chi connectivity index (χ1) is 11.1. The molecule has 0 atom stereocenters. The normalized spacial score (nSPS) is 20.8. The average molecular weight is 315 g/mol.